The van der Waals surface area contributed by atoms with Crippen LogP contribution in [0.1, 0.15) is 16.7 Å². The molecule has 3 heteroatoms. The summed E-state index contributed by atoms with van der Waals surface area (Å²) in [5.41, 5.74) is 6.08. The van der Waals surface area contributed by atoms with Crippen molar-refractivity contribution >= 4 is 53.2 Å². The summed E-state index contributed by atoms with van der Waals surface area (Å²) in [6, 6.07) is 22.1. The lowest BCUT2D eigenvalue weighted by molar-refractivity contribution is 1.24. The van der Waals surface area contributed by atoms with Crippen molar-refractivity contribution in [2.24, 2.45) is 0 Å². The fraction of sp³-hybridized carbons (Fsp3) is 0.111. The van der Waals surface area contributed by atoms with E-state index in [2.05, 4.69) is 86.4 Å². The summed E-state index contributed by atoms with van der Waals surface area (Å²) in [5, 5.41) is 7.56. The van der Waals surface area contributed by atoms with Crippen LogP contribution < -0.4 is 0 Å². The Morgan fingerprint density at radius 1 is 0.700 bits per heavy atom. The lowest BCUT2D eigenvalue weighted by atomic mass is 9.94. The summed E-state index contributed by atoms with van der Waals surface area (Å²) in [4.78, 5) is 10.4. The number of hydrogen-bond donors (Lipinski definition) is 0. The standard InChI is InChI=1S/C27H20N2S/c1-15-10-16(2)23-17(3)12-20(13-19(23)11-15)25-24-22-9-8-18-6-4-5-7-21(18)26(22)30-27(24)29-14-28-25/h4-14H,1-3H3. The number of benzene rings is 4. The quantitative estimate of drug-likeness (QED) is 0.280. The van der Waals surface area contributed by atoms with Gasteiger partial charge < -0.3 is 0 Å². The molecule has 0 radical (unpaired) electrons. The van der Waals surface area contributed by atoms with Gasteiger partial charge in [-0.15, -0.1) is 11.3 Å². The molecular weight excluding hydrogens is 384 g/mol. The lowest BCUT2D eigenvalue weighted by Crippen LogP contribution is -1.91. The molecule has 2 heterocycles. The van der Waals surface area contributed by atoms with Gasteiger partial charge in [-0.05, 0) is 65.6 Å². The van der Waals surface area contributed by atoms with Crippen LogP contribution in [0.25, 0.3) is 53.1 Å². The largest absolute Gasteiger partial charge is 0.236 e. The maximum Gasteiger partial charge on any atom is 0.128 e. The summed E-state index contributed by atoms with van der Waals surface area (Å²) in [6.45, 7) is 6.56. The molecule has 2 aromatic heterocycles. The van der Waals surface area contributed by atoms with Gasteiger partial charge in [0.25, 0.3) is 0 Å². The zero-order chi connectivity index (χ0) is 20.4. The van der Waals surface area contributed by atoms with Crippen molar-refractivity contribution in [1.29, 1.82) is 0 Å². The van der Waals surface area contributed by atoms with Gasteiger partial charge in [0.05, 0.1) is 5.69 Å². The molecule has 0 atom stereocenters. The van der Waals surface area contributed by atoms with Crippen molar-refractivity contribution in [3.63, 3.8) is 0 Å². The molecule has 0 amide bonds. The second-order valence-corrected chi connectivity index (χ2v) is 9.14. The van der Waals surface area contributed by atoms with Crippen molar-refractivity contribution in [2.45, 2.75) is 20.8 Å². The minimum atomic E-state index is 1.02. The first-order chi connectivity index (χ1) is 14.6. The van der Waals surface area contributed by atoms with Gasteiger partial charge in [0.2, 0.25) is 0 Å². The fourth-order valence-corrected chi connectivity index (χ4v) is 6.04. The molecular formula is C27H20N2S. The second kappa shape index (κ2) is 6.35. The minimum absolute atomic E-state index is 1.02. The molecule has 144 valence electrons. The van der Waals surface area contributed by atoms with E-state index in [4.69, 9.17) is 4.98 Å². The summed E-state index contributed by atoms with van der Waals surface area (Å²) in [5.74, 6) is 0. The molecule has 0 saturated carbocycles. The molecule has 0 aliphatic carbocycles. The van der Waals surface area contributed by atoms with Gasteiger partial charge in [0.15, 0.2) is 0 Å². The van der Waals surface area contributed by atoms with Crippen molar-refractivity contribution in [1.82, 2.24) is 9.97 Å². The van der Waals surface area contributed by atoms with Gasteiger partial charge in [-0.2, -0.15) is 0 Å². The predicted molar refractivity (Wildman–Crippen MR) is 130 cm³/mol. The molecule has 30 heavy (non-hydrogen) atoms. The van der Waals surface area contributed by atoms with E-state index in [9.17, 15) is 0 Å². The summed E-state index contributed by atoms with van der Waals surface area (Å²) < 4.78 is 1.29. The first-order valence-corrected chi connectivity index (χ1v) is 11.0. The van der Waals surface area contributed by atoms with Gasteiger partial charge in [-0.1, -0.05) is 54.1 Å². The Labute approximate surface area is 178 Å². The second-order valence-electron chi connectivity index (χ2n) is 8.14. The third-order valence-corrected chi connectivity index (χ3v) is 7.17. The van der Waals surface area contributed by atoms with Crippen LogP contribution in [0.2, 0.25) is 0 Å². The van der Waals surface area contributed by atoms with Crippen LogP contribution in [0.5, 0.6) is 0 Å². The van der Waals surface area contributed by atoms with Crippen molar-refractivity contribution in [2.75, 3.05) is 0 Å². The minimum Gasteiger partial charge on any atom is -0.236 e. The number of fused-ring (bicyclic) bond motifs is 6. The molecule has 4 aromatic carbocycles. The first kappa shape index (κ1) is 17.5. The van der Waals surface area contributed by atoms with E-state index in [1.54, 1.807) is 17.7 Å². The predicted octanol–water partition coefficient (Wildman–Crippen LogP) is 7.74. The zero-order valence-electron chi connectivity index (χ0n) is 17.2. The van der Waals surface area contributed by atoms with E-state index >= 15 is 0 Å². The normalized spacial score (nSPS) is 11.8. The Balaban J connectivity index is 1.72. The fourth-order valence-electron chi connectivity index (χ4n) is 4.86. The van der Waals surface area contributed by atoms with Crippen LogP contribution in [0, 0.1) is 20.8 Å². The zero-order valence-corrected chi connectivity index (χ0v) is 18.0. The maximum absolute atomic E-state index is 4.77. The van der Waals surface area contributed by atoms with E-state index in [1.807, 2.05) is 0 Å². The lowest BCUT2D eigenvalue weighted by Gasteiger charge is -2.11. The Hall–Kier alpha value is -3.30. The van der Waals surface area contributed by atoms with E-state index < -0.39 is 0 Å². The van der Waals surface area contributed by atoms with Gasteiger partial charge in [0.1, 0.15) is 11.2 Å². The Morgan fingerprint density at radius 2 is 1.53 bits per heavy atom. The summed E-state index contributed by atoms with van der Waals surface area (Å²) in [7, 11) is 0. The Morgan fingerprint density at radius 3 is 2.43 bits per heavy atom. The van der Waals surface area contributed by atoms with Crippen molar-refractivity contribution in [3.8, 4) is 11.3 Å². The third kappa shape index (κ3) is 2.49. The number of aryl methyl sites for hydroxylation is 3. The van der Waals surface area contributed by atoms with Crippen LogP contribution in [0.3, 0.4) is 0 Å². The molecule has 6 aromatic rings. The summed E-state index contributed by atoms with van der Waals surface area (Å²) in [6.07, 6.45) is 1.70. The van der Waals surface area contributed by atoms with E-state index in [0.717, 1.165) is 21.5 Å². The smallest absolute Gasteiger partial charge is 0.128 e. The average molecular weight is 405 g/mol. The van der Waals surface area contributed by atoms with Crippen molar-refractivity contribution < 1.29 is 0 Å². The van der Waals surface area contributed by atoms with Crippen LogP contribution >= 0.6 is 11.3 Å². The van der Waals surface area contributed by atoms with Gasteiger partial charge in [-0.25, -0.2) is 9.97 Å². The molecule has 0 saturated heterocycles. The molecule has 0 aliphatic rings. The molecule has 0 spiro atoms. The Kier molecular flexibility index (Phi) is 3.71. The molecule has 0 unspecified atom stereocenters. The highest BCUT2D eigenvalue weighted by Crippen LogP contribution is 2.41. The van der Waals surface area contributed by atoms with E-state index in [-0.39, 0.29) is 0 Å². The highest BCUT2D eigenvalue weighted by atomic mass is 32.1. The van der Waals surface area contributed by atoms with Crippen LogP contribution in [0.4, 0.5) is 0 Å². The molecule has 0 aliphatic heterocycles. The number of rotatable bonds is 1. The first-order valence-electron chi connectivity index (χ1n) is 10.2. The average Bonchev–Trinajstić information content (AvgIpc) is 3.12. The molecule has 2 nitrogen and oxygen atoms in total. The van der Waals surface area contributed by atoms with E-state index in [0.29, 0.717) is 0 Å². The summed E-state index contributed by atoms with van der Waals surface area (Å²) >= 11 is 1.76. The topological polar surface area (TPSA) is 25.8 Å². The third-order valence-electron chi connectivity index (χ3n) is 6.02. The maximum atomic E-state index is 4.77. The van der Waals surface area contributed by atoms with Crippen LogP contribution in [0.15, 0.2) is 67.0 Å². The molecule has 6 rings (SSSR count). The van der Waals surface area contributed by atoms with Gasteiger partial charge in [0, 0.05) is 21.0 Å². The van der Waals surface area contributed by atoms with Gasteiger partial charge >= 0.3 is 0 Å². The number of nitrogens with zero attached hydrogens (tertiary/aromatic N) is 2. The molecule has 0 N–H and O–H groups in total. The monoisotopic (exact) mass is 404 g/mol. The number of thiophene rings is 1. The molecule has 0 bridgehead atoms. The van der Waals surface area contributed by atoms with Crippen LogP contribution in [-0.2, 0) is 0 Å². The Bertz CT molecular complexity index is 1630. The SMILES string of the molecule is Cc1cc(C)c2c(C)cc(-c3ncnc4sc5c6ccccc6ccc5c34)cc2c1. The van der Waals surface area contributed by atoms with Gasteiger partial charge in [-0.3, -0.25) is 0 Å². The number of aromatic nitrogens is 2. The highest BCUT2D eigenvalue weighted by Gasteiger charge is 2.16. The van der Waals surface area contributed by atoms with E-state index in [1.165, 1.54) is 48.3 Å². The highest BCUT2D eigenvalue weighted by molar-refractivity contribution is 7.26. The van der Waals surface area contributed by atoms with Crippen molar-refractivity contribution in [3.05, 3.63) is 83.7 Å². The van der Waals surface area contributed by atoms with Crippen LogP contribution in [-0.4, -0.2) is 9.97 Å². The number of hydrogen-bond acceptors (Lipinski definition) is 3. The molecule has 0 fully saturated rings.